The molecule has 2 aliphatic heterocycles. The highest BCUT2D eigenvalue weighted by molar-refractivity contribution is 6.00. The van der Waals surface area contributed by atoms with E-state index in [-0.39, 0.29) is 23.9 Å². The lowest BCUT2D eigenvalue weighted by atomic mass is 9.65. The van der Waals surface area contributed by atoms with E-state index in [4.69, 9.17) is 0 Å². The number of nitrogens with zero attached hydrogens (tertiary/aromatic N) is 2. The lowest BCUT2D eigenvalue weighted by Crippen LogP contribution is -2.44. The number of imide groups is 1. The second-order valence-electron chi connectivity index (χ2n) is 10.2. The standard InChI is InChI=1S/C25H34N4O3/c1-28-22-18(6-5-17-9-11-25(12-10-17)13-15-26-16-14-25)3-2-4-19(22)29(24(28)32)20-7-8-21(30)27-23(20)31/h2-4,17,20,26H,5-16H2,1H3,(H,27,30,31). The van der Waals surface area contributed by atoms with Gasteiger partial charge in [-0.05, 0) is 93.8 Å². The van der Waals surface area contributed by atoms with Crippen molar-refractivity contribution in [1.29, 1.82) is 0 Å². The minimum Gasteiger partial charge on any atom is -0.317 e. The van der Waals surface area contributed by atoms with Crippen molar-refractivity contribution in [2.24, 2.45) is 18.4 Å². The third-order valence-corrected chi connectivity index (χ3v) is 8.36. The van der Waals surface area contributed by atoms with E-state index in [2.05, 4.69) is 16.7 Å². The van der Waals surface area contributed by atoms with Gasteiger partial charge in [-0.3, -0.25) is 24.0 Å². The number of aryl methyl sites for hydroxylation is 2. The van der Waals surface area contributed by atoms with Crippen molar-refractivity contribution >= 4 is 22.8 Å². The number of hydrogen-bond acceptors (Lipinski definition) is 4. The van der Waals surface area contributed by atoms with E-state index in [1.165, 1.54) is 57.2 Å². The van der Waals surface area contributed by atoms with Gasteiger partial charge in [0.15, 0.2) is 0 Å². The second-order valence-corrected chi connectivity index (χ2v) is 10.2. The first-order valence-electron chi connectivity index (χ1n) is 12.2. The van der Waals surface area contributed by atoms with Crippen molar-refractivity contribution in [3.8, 4) is 0 Å². The fourth-order valence-electron chi connectivity index (χ4n) is 6.35. The Morgan fingerprint density at radius 2 is 1.78 bits per heavy atom. The zero-order chi connectivity index (χ0) is 22.3. The summed E-state index contributed by atoms with van der Waals surface area (Å²) in [6.45, 7) is 2.34. The van der Waals surface area contributed by atoms with Gasteiger partial charge < -0.3 is 5.32 Å². The summed E-state index contributed by atoms with van der Waals surface area (Å²) in [6, 6.07) is 5.41. The topological polar surface area (TPSA) is 85.1 Å². The Bertz CT molecular complexity index is 1080. The Hall–Kier alpha value is -2.41. The quantitative estimate of drug-likeness (QED) is 0.719. The number of rotatable bonds is 4. The van der Waals surface area contributed by atoms with Gasteiger partial charge in [0.05, 0.1) is 11.0 Å². The maximum Gasteiger partial charge on any atom is 0.329 e. The Morgan fingerprint density at radius 3 is 2.50 bits per heavy atom. The average molecular weight is 439 g/mol. The number of amides is 2. The van der Waals surface area contributed by atoms with Gasteiger partial charge in [0, 0.05) is 13.5 Å². The normalized spacial score (nSPS) is 24.2. The number of carbonyl (C=O) groups excluding carboxylic acids is 2. The lowest BCUT2D eigenvalue weighted by molar-refractivity contribution is -0.135. The van der Waals surface area contributed by atoms with Gasteiger partial charge in [-0.1, -0.05) is 12.1 Å². The van der Waals surface area contributed by atoms with Crippen molar-refractivity contribution in [3.05, 3.63) is 34.2 Å². The van der Waals surface area contributed by atoms with Crippen molar-refractivity contribution in [3.63, 3.8) is 0 Å². The highest BCUT2D eigenvalue weighted by Crippen LogP contribution is 2.46. The molecule has 172 valence electrons. The number of hydrogen-bond donors (Lipinski definition) is 2. The van der Waals surface area contributed by atoms with Gasteiger partial charge in [0.1, 0.15) is 6.04 Å². The van der Waals surface area contributed by atoms with Crippen LogP contribution in [-0.2, 0) is 23.1 Å². The van der Waals surface area contributed by atoms with Crippen molar-refractivity contribution in [2.45, 2.75) is 70.3 Å². The van der Waals surface area contributed by atoms with Crippen LogP contribution in [0.3, 0.4) is 0 Å². The van der Waals surface area contributed by atoms with Crippen LogP contribution in [0, 0.1) is 11.3 Å². The third-order valence-electron chi connectivity index (χ3n) is 8.36. The van der Waals surface area contributed by atoms with Crippen molar-refractivity contribution in [1.82, 2.24) is 19.8 Å². The van der Waals surface area contributed by atoms with Crippen LogP contribution in [0.25, 0.3) is 11.0 Å². The summed E-state index contributed by atoms with van der Waals surface area (Å²) in [5.74, 6) is 0.106. The van der Waals surface area contributed by atoms with Gasteiger partial charge in [-0.15, -0.1) is 0 Å². The van der Waals surface area contributed by atoms with Gasteiger partial charge >= 0.3 is 5.69 Å². The zero-order valence-corrected chi connectivity index (χ0v) is 19.0. The minimum absolute atomic E-state index is 0.188. The number of carbonyl (C=O) groups is 2. The first-order chi connectivity index (χ1) is 15.5. The van der Waals surface area contributed by atoms with Crippen LogP contribution in [0.4, 0.5) is 0 Å². The Labute approximate surface area is 188 Å². The van der Waals surface area contributed by atoms with E-state index >= 15 is 0 Å². The predicted octanol–water partition coefficient (Wildman–Crippen LogP) is 2.81. The molecule has 0 radical (unpaired) electrons. The molecule has 2 amide bonds. The van der Waals surface area contributed by atoms with Crippen LogP contribution in [0.1, 0.15) is 69.4 Å². The van der Waals surface area contributed by atoms with E-state index < -0.39 is 6.04 Å². The molecule has 1 unspecified atom stereocenters. The first kappa shape index (κ1) is 21.4. The van der Waals surface area contributed by atoms with Crippen molar-refractivity contribution in [2.75, 3.05) is 13.1 Å². The fraction of sp³-hybridized carbons (Fsp3) is 0.640. The minimum atomic E-state index is -0.626. The number of imidazole rings is 1. The summed E-state index contributed by atoms with van der Waals surface area (Å²) >= 11 is 0. The van der Waals surface area contributed by atoms with Crippen molar-refractivity contribution < 1.29 is 9.59 Å². The summed E-state index contributed by atoms with van der Waals surface area (Å²) in [5, 5.41) is 5.89. The molecule has 0 bridgehead atoms. The summed E-state index contributed by atoms with van der Waals surface area (Å²) < 4.78 is 3.27. The Kier molecular flexibility index (Phi) is 5.70. The summed E-state index contributed by atoms with van der Waals surface area (Å²) in [6.07, 6.45) is 10.7. The average Bonchev–Trinajstić information content (AvgIpc) is 3.05. The molecule has 2 aromatic rings. The molecule has 2 N–H and O–H groups in total. The molecule has 7 nitrogen and oxygen atoms in total. The van der Waals surface area contributed by atoms with Crippen LogP contribution >= 0.6 is 0 Å². The zero-order valence-electron chi connectivity index (χ0n) is 19.0. The number of para-hydroxylation sites is 1. The number of benzene rings is 1. The molecule has 1 aliphatic carbocycles. The Morgan fingerprint density at radius 1 is 1.03 bits per heavy atom. The summed E-state index contributed by atoms with van der Waals surface area (Å²) in [7, 11) is 1.79. The molecule has 3 fully saturated rings. The van der Waals surface area contributed by atoms with E-state index in [1.54, 1.807) is 16.2 Å². The van der Waals surface area contributed by atoms with Gasteiger partial charge in [-0.2, -0.15) is 0 Å². The first-order valence-corrected chi connectivity index (χ1v) is 12.2. The number of piperidine rings is 2. The lowest BCUT2D eigenvalue weighted by Gasteiger charge is -2.43. The van der Waals surface area contributed by atoms with Crippen LogP contribution in [0.5, 0.6) is 0 Å². The molecule has 1 atom stereocenters. The van der Waals surface area contributed by atoms with Crippen LogP contribution in [0.2, 0.25) is 0 Å². The number of aromatic nitrogens is 2. The van der Waals surface area contributed by atoms with Crippen LogP contribution in [-0.4, -0.2) is 34.0 Å². The Balaban J connectivity index is 1.34. The SMILES string of the molecule is Cn1c(=O)n(C2CCC(=O)NC2=O)c2cccc(CCC3CCC4(CCNCC4)CC3)c21. The van der Waals surface area contributed by atoms with Crippen LogP contribution in [0.15, 0.2) is 23.0 Å². The maximum atomic E-state index is 13.1. The van der Waals surface area contributed by atoms with Gasteiger partial charge in [-0.25, -0.2) is 4.79 Å². The fourth-order valence-corrected chi connectivity index (χ4v) is 6.35. The monoisotopic (exact) mass is 438 g/mol. The van der Waals surface area contributed by atoms with E-state index in [0.717, 1.165) is 29.8 Å². The van der Waals surface area contributed by atoms with E-state index in [0.29, 0.717) is 11.8 Å². The molecule has 5 rings (SSSR count). The van der Waals surface area contributed by atoms with Gasteiger partial charge in [0.25, 0.3) is 0 Å². The van der Waals surface area contributed by atoms with Gasteiger partial charge in [0.2, 0.25) is 11.8 Å². The largest absolute Gasteiger partial charge is 0.329 e. The molecular weight excluding hydrogens is 404 g/mol. The molecule has 3 aliphatic rings. The highest BCUT2D eigenvalue weighted by atomic mass is 16.2. The summed E-state index contributed by atoms with van der Waals surface area (Å²) in [5.41, 5.74) is 3.29. The maximum absolute atomic E-state index is 13.1. The smallest absolute Gasteiger partial charge is 0.317 e. The molecule has 7 heteroatoms. The molecular formula is C25H34N4O3. The molecule has 3 heterocycles. The highest BCUT2D eigenvalue weighted by Gasteiger charge is 2.36. The molecule has 1 spiro atoms. The molecule has 1 aromatic heterocycles. The van der Waals surface area contributed by atoms with E-state index in [9.17, 15) is 14.4 Å². The molecule has 1 aromatic carbocycles. The molecule has 1 saturated carbocycles. The molecule has 2 saturated heterocycles. The third kappa shape index (κ3) is 3.81. The second kappa shape index (κ2) is 8.50. The van der Waals surface area contributed by atoms with Crippen LogP contribution < -0.4 is 16.3 Å². The molecule has 32 heavy (non-hydrogen) atoms. The predicted molar refractivity (Wildman–Crippen MR) is 123 cm³/mol. The number of nitrogens with one attached hydrogen (secondary N) is 2. The summed E-state index contributed by atoms with van der Waals surface area (Å²) in [4.78, 5) is 37.1. The van der Waals surface area contributed by atoms with E-state index in [1.807, 2.05) is 12.1 Å². The number of fused-ring (bicyclic) bond motifs is 1.